The number of H-pyrrole nitrogens is 1. The summed E-state index contributed by atoms with van der Waals surface area (Å²) >= 11 is 0. The third-order valence-corrected chi connectivity index (χ3v) is 3.72. The Bertz CT molecular complexity index is 1250. The second kappa shape index (κ2) is 5.94. The molecule has 0 fully saturated rings. The Kier molecular flexibility index (Phi) is 3.58. The summed E-state index contributed by atoms with van der Waals surface area (Å²) in [6, 6.07) is 2.80. The molecule has 12 nitrogen and oxygen atoms in total. The number of hydrogen-bond donors (Lipinski definition) is 3. The molecule has 0 bridgehead atoms. The van der Waals surface area contributed by atoms with Gasteiger partial charge in [0.1, 0.15) is 5.76 Å². The number of aromatic amines is 1. The SMILES string of the molecule is O=C(O)c1cnn(-c2nc3ncn(Cc4ccc(C(=O)O)o4)c3c(=O)[nH]2)c1. The molecule has 4 aromatic rings. The highest BCUT2D eigenvalue weighted by Gasteiger charge is 2.15. The van der Waals surface area contributed by atoms with Gasteiger partial charge in [0, 0.05) is 6.20 Å². The van der Waals surface area contributed by atoms with E-state index >= 15 is 0 Å². The van der Waals surface area contributed by atoms with Crippen molar-refractivity contribution in [3.8, 4) is 5.95 Å². The van der Waals surface area contributed by atoms with Crippen LogP contribution in [0.4, 0.5) is 0 Å². The quantitative estimate of drug-likeness (QED) is 0.448. The van der Waals surface area contributed by atoms with Gasteiger partial charge < -0.3 is 19.2 Å². The summed E-state index contributed by atoms with van der Waals surface area (Å²) in [6.07, 6.45) is 3.70. The highest BCUT2D eigenvalue weighted by molar-refractivity contribution is 5.87. The molecule has 4 rings (SSSR count). The van der Waals surface area contributed by atoms with E-state index in [9.17, 15) is 14.4 Å². The smallest absolute Gasteiger partial charge is 0.371 e. The number of fused-ring (bicyclic) bond motifs is 1. The molecule has 136 valence electrons. The number of imidazole rings is 1. The number of carboxylic acids is 2. The summed E-state index contributed by atoms with van der Waals surface area (Å²) < 4.78 is 7.75. The Hall–Kier alpha value is -4.22. The lowest BCUT2D eigenvalue weighted by atomic mass is 10.4. The maximum absolute atomic E-state index is 12.5. The van der Waals surface area contributed by atoms with Crippen LogP contribution in [0.25, 0.3) is 17.1 Å². The van der Waals surface area contributed by atoms with E-state index in [0.717, 1.165) is 10.9 Å². The van der Waals surface area contributed by atoms with Gasteiger partial charge in [-0.1, -0.05) is 0 Å². The lowest BCUT2D eigenvalue weighted by molar-refractivity contribution is 0.0657. The van der Waals surface area contributed by atoms with Crippen LogP contribution in [0.5, 0.6) is 0 Å². The highest BCUT2D eigenvalue weighted by Crippen LogP contribution is 2.13. The van der Waals surface area contributed by atoms with E-state index < -0.39 is 17.5 Å². The van der Waals surface area contributed by atoms with Gasteiger partial charge in [-0.05, 0) is 12.1 Å². The van der Waals surface area contributed by atoms with Gasteiger partial charge in [0.25, 0.3) is 5.56 Å². The molecular formula is C15H10N6O6. The number of furan rings is 1. The number of hydrogen-bond acceptors (Lipinski definition) is 7. The minimum atomic E-state index is -1.19. The first-order valence-corrected chi connectivity index (χ1v) is 7.48. The normalized spacial score (nSPS) is 11.1. The Balaban J connectivity index is 1.71. The zero-order valence-corrected chi connectivity index (χ0v) is 13.4. The first-order chi connectivity index (χ1) is 12.9. The molecule has 4 aromatic heterocycles. The Labute approximate surface area is 148 Å². The lowest BCUT2D eigenvalue weighted by Crippen LogP contribution is -2.16. The monoisotopic (exact) mass is 370 g/mol. The van der Waals surface area contributed by atoms with Gasteiger partial charge in [-0.15, -0.1) is 0 Å². The van der Waals surface area contributed by atoms with Gasteiger partial charge in [-0.2, -0.15) is 10.1 Å². The van der Waals surface area contributed by atoms with Gasteiger partial charge in [0.2, 0.25) is 11.7 Å². The van der Waals surface area contributed by atoms with Crippen molar-refractivity contribution >= 4 is 23.1 Å². The van der Waals surface area contributed by atoms with E-state index in [0.29, 0.717) is 5.76 Å². The third kappa shape index (κ3) is 2.84. The molecule has 0 amide bonds. The fourth-order valence-electron chi connectivity index (χ4n) is 2.50. The van der Waals surface area contributed by atoms with Gasteiger partial charge >= 0.3 is 11.9 Å². The number of nitrogens with zero attached hydrogens (tertiary/aromatic N) is 5. The van der Waals surface area contributed by atoms with E-state index in [2.05, 4.69) is 20.1 Å². The van der Waals surface area contributed by atoms with Gasteiger partial charge in [0.05, 0.1) is 24.6 Å². The summed E-state index contributed by atoms with van der Waals surface area (Å²) in [5.41, 5.74) is -0.316. The molecule has 0 atom stereocenters. The van der Waals surface area contributed by atoms with Crippen LogP contribution in [-0.4, -0.2) is 51.5 Å². The number of aromatic carboxylic acids is 2. The summed E-state index contributed by atoms with van der Waals surface area (Å²) in [4.78, 5) is 45.0. The van der Waals surface area contributed by atoms with E-state index in [4.69, 9.17) is 14.6 Å². The van der Waals surface area contributed by atoms with Crippen LogP contribution in [0.15, 0.2) is 40.1 Å². The molecule has 0 spiro atoms. The molecule has 0 radical (unpaired) electrons. The predicted molar refractivity (Wildman–Crippen MR) is 87.0 cm³/mol. The molecular weight excluding hydrogens is 360 g/mol. The average molecular weight is 370 g/mol. The van der Waals surface area contributed by atoms with Gasteiger partial charge in [0.15, 0.2) is 11.2 Å². The van der Waals surface area contributed by atoms with Crippen LogP contribution < -0.4 is 5.56 Å². The molecule has 0 aliphatic carbocycles. The fourth-order valence-corrected chi connectivity index (χ4v) is 2.50. The number of carbonyl (C=O) groups is 2. The Morgan fingerprint density at radius 1 is 1.22 bits per heavy atom. The standard InChI is InChI=1S/C15H10N6O6/c22-12-10-11(18-15(19-12)21-4-7(3-17-21)13(23)24)16-6-20(10)5-8-1-2-9(27-8)14(25)26/h1-4,6H,5H2,(H,23,24)(H,25,26)(H,18,19,22). The van der Waals surface area contributed by atoms with Crippen molar-refractivity contribution in [2.45, 2.75) is 6.54 Å². The van der Waals surface area contributed by atoms with Crippen molar-refractivity contribution in [1.82, 2.24) is 29.3 Å². The largest absolute Gasteiger partial charge is 0.478 e. The van der Waals surface area contributed by atoms with Gasteiger partial charge in [-0.25, -0.2) is 19.3 Å². The van der Waals surface area contributed by atoms with Crippen LogP contribution in [0.3, 0.4) is 0 Å². The number of rotatable bonds is 5. The molecule has 12 heteroatoms. The van der Waals surface area contributed by atoms with E-state index in [1.807, 2.05) is 0 Å². The predicted octanol–water partition coefficient (Wildman–Crippen LogP) is 0.343. The van der Waals surface area contributed by atoms with Crippen LogP contribution in [-0.2, 0) is 6.54 Å². The van der Waals surface area contributed by atoms with Crippen molar-refractivity contribution in [3.63, 3.8) is 0 Å². The number of carboxylic acid groups (broad SMARTS) is 2. The fraction of sp³-hybridized carbons (Fsp3) is 0.0667. The van der Waals surface area contributed by atoms with Crippen molar-refractivity contribution in [2.24, 2.45) is 0 Å². The zero-order chi connectivity index (χ0) is 19.1. The molecule has 0 unspecified atom stereocenters. The molecule has 4 heterocycles. The number of aromatic nitrogens is 6. The molecule has 0 aliphatic heterocycles. The topological polar surface area (TPSA) is 169 Å². The summed E-state index contributed by atoms with van der Waals surface area (Å²) in [7, 11) is 0. The maximum Gasteiger partial charge on any atom is 0.371 e. The van der Waals surface area contributed by atoms with Crippen LogP contribution in [0, 0.1) is 0 Å². The molecule has 0 saturated heterocycles. The van der Waals surface area contributed by atoms with Crippen molar-refractivity contribution < 1.29 is 24.2 Å². The minimum Gasteiger partial charge on any atom is -0.478 e. The average Bonchev–Trinajstić information content (AvgIpc) is 3.34. The zero-order valence-electron chi connectivity index (χ0n) is 13.4. The molecule has 0 saturated carbocycles. The Morgan fingerprint density at radius 3 is 2.70 bits per heavy atom. The van der Waals surface area contributed by atoms with Crippen LogP contribution >= 0.6 is 0 Å². The summed E-state index contributed by atoms with van der Waals surface area (Å²) in [5, 5.41) is 21.7. The maximum atomic E-state index is 12.5. The Morgan fingerprint density at radius 2 is 2.04 bits per heavy atom. The molecule has 0 aliphatic rings. The van der Waals surface area contributed by atoms with Crippen molar-refractivity contribution in [3.05, 3.63) is 58.3 Å². The first kappa shape index (κ1) is 16.3. The third-order valence-electron chi connectivity index (χ3n) is 3.72. The second-order valence-electron chi connectivity index (χ2n) is 5.48. The van der Waals surface area contributed by atoms with Crippen LogP contribution in [0.2, 0.25) is 0 Å². The van der Waals surface area contributed by atoms with Crippen molar-refractivity contribution in [1.29, 1.82) is 0 Å². The first-order valence-electron chi connectivity index (χ1n) is 7.48. The summed E-state index contributed by atoms with van der Waals surface area (Å²) in [5.74, 6) is -2.23. The number of nitrogens with one attached hydrogen (secondary N) is 1. The second-order valence-corrected chi connectivity index (χ2v) is 5.48. The van der Waals surface area contributed by atoms with E-state index in [1.54, 1.807) is 0 Å². The molecule has 3 N–H and O–H groups in total. The van der Waals surface area contributed by atoms with Crippen LogP contribution in [0.1, 0.15) is 26.7 Å². The summed E-state index contributed by atoms with van der Waals surface area (Å²) in [6.45, 7) is 0.0822. The lowest BCUT2D eigenvalue weighted by Gasteiger charge is -2.02. The molecule has 0 aromatic carbocycles. The van der Waals surface area contributed by atoms with Crippen molar-refractivity contribution in [2.75, 3.05) is 0 Å². The molecule has 27 heavy (non-hydrogen) atoms. The van der Waals surface area contributed by atoms with Gasteiger partial charge in [-0.3, -0.25) is 9.78 Å². The van der Waals surface area contributed by atoms with E-state index in [1.165, 1.54) is 29.2 Å². The highest BCUT2D eigenvalue weighted by atomic mass is 16.4. The minimum absolute atomic E-state index is 0.0106. The van der Waals surface area contributed by atoms with E-state index in [-0.39, 0.29) is 35.0 Å².